The molecule has 2 atom stereocenters. The quantitative estimate of drug-likeness (QED) is 0.294. The number of phenols is 1. The van der Waals surface area contributed by atoms with Crippen LogP contribution >= 0.6 is 0 Å². The van der Waals surface area contributed by atoms with Crippen LogP contribution in [-0.4, -0.2) is 51.5 Å². The molecule has 0 spiro atoms. The number of nitrogens with two attached hydrogens (primary N) is 1. The van der Waals surface area contributed by atoms with E-state index in [9.17, 15) is 24.3 Å². The first-order valence-electron chi connectivity index (χ1n) is 12.5. The molecule has 1 aliphatic carbocycles. The van der Waals surface area contributed by atoms with E-state index in [1.165, 1.54) is 12.1 Å². The second kappa shape index (κ2) is 13.0. The van der Waals surface area contributed by atoms with Crippen molar-refractivity contribution >= 4 is 23.8 Å². The van der Waals surface area contributed by atoms with Crippen molar-refractivity contribution in [2.45, 2.75) is 96.4 Å². The monoisotopic (exact) mass is 514 g/mol. The standard InChI is InChI=1S/C27H38N4O6/c1-6-31(25(35)20(13-15-22(28)33)30-26(36)37-27(3,4)5)23(18-12-14-21(32)17(2)16-18)24(34)29-19-10-8-7-9-11-19/h1,12,14,16,19-20,23,32H,7-11,13,15H2,2-5H3,(H2,28,33)(H,29,34)(H,30,36). The highest BCUT2D eigenvalue weighted by Gasteiger charge is 2.37. The van der Waals surface area contributed by atoms with E-state index in [1.807, 2.05) is 0 Å². The van der Waals surface area contributed by atoms with Crippen molar-refractivity contribution in [1.29, 1.82) is 0 Å². The highest BCUT2D eigenvalue weighted by atomic mass is 16.6. The van der Waals surface area contributed by atoms with Crippen molar-refractivity contribution in [3.63, 3.8) is 0 Å². The summed E-state index contributed by atoms with van der Waals surface area (Å²) < 4.78 is 5.26. The third-order valence-corrected chi connectivity index (χ3v) is 6.04. The number of phenolic OH excluding ortho intramolecular Hbond substituents is 1. The van der Waals surface area contributed by atoms with Gasteiger partial charge in [0.1, 0.15) is 23.4 Å². The normalized spacial score (nSPS) is 15.5. The van der Waals surface area contributed by atoms with Crippen molar-refractivity contribution in [3.8, 4) is 18.2 Å². The van der Waals surface area contributed by atoms with Crippen LogP contribution in [0.1, 0.15) is 82.9 Å². The lowest BCUT2D eigenvalue weighted by atomic mass is 9.94. The van der Waals surface area contributed by atoms with Crippen LogP contribution in [0.15, 0.2) is 18.2 Å². The molecule has 4 amide bonds. The summed E-state index contributed by atoms with van der Waals surface area (Å²) in [7, 11) is 0. The molecule has 10 heteroatoms. The maximum atomic E-state index is 13.7. The van der Waals surface area contributed by atoms with Crippen LogP contribution in [0.25, 0.3) is 0 Å². The molecular formula is C27H38N4O6. The predicted octanol–water partition coefficient (Wildman–Crippen LogP) is 2.77. The van der Waals surface area contributed by atoms with Gasteiger partial charge in [-0.05, 0) is 70.2 Å². The number of aryl methyl sites for hydroxylation is 1. The van der Waals surface area contributed by atoms with Crippen LogP contribution in [0, 0.1) is 19.4 Å². The van der Waals surface area contributed by atoms with Gasteiger partial charge in [0, 0.05) is 18.5 Å². The maximum Gasteiger partial charge on any atom is 0.408 e. The van der Waals surface area contributed by atoms with Gasteiger partial charge in [0.15, 0.2) is 0 Å². The third kappa shape index (κ3) is 9.01. The van der Waals surface area contributed by atoms with Gasteiger partial charge in [-0.1, -0.05) is 31.8 Å². The van der Waals surface area contributed by atoms with Crippen LogP contribution in [0.3, 0.4) is 0 Å². The lowest BCUT2D eigenvalue weighted by Crippen LogP contribution is -2.52. The highest BCUT2D eigenvalue weighted by molar-refractivity contribution is 5.93. The Balaban J connectivity index is 2.42. The number of nitrogens with zero attached hydrogens (tertiary/aromatic N) is 1. The van der Waals surface area contributed by atoms with Crippen LogP contribution in [-0.2, 0) is 19.1 Å². The summed E-state index contributed by atoms with van der Waals surface area (Å²) in [6.45, 7) is 6.66. The first kappa shape index (κ1) is 29.5. The van der Waals surface area contributed by atoms with Crippen LogP contribution in [0.2, 0.25) is 0 Å². The van der Waals surface area contributed by atoms with Gasteiger partial charge in [0.2, 0.25) is 11.8 Å². The van der Waals surface area contributed by atoms with Crippen LogP contribution < -0.4 is 16.4 Å². The largest absolute Gasteiger partial charge is 0.508 e. The molecular weight excluding hydrogens is 476 g/mol. The molecule has 10 nitrogen and oxygen atoms in total. The van der Waals surface area contributed by atoms with Crippen LogP contribution in [0.5, 0.6) is 5.75 Å². The van der Waals surface area contributed by atoms with Crippen molar-refractivity contribution in [2.24, 2.45) is 5.73 Å². The van der Waals surface area contributed by atoms with E-state index >= 15 is 0 Å². The smallest absolute Gasteiger partial charge is 0.408 e. The Morgan fingerprint density at radius 3 is 2.41 bits per heavy atom. The van der Waals surface area contributed by atoms with Gasteiger partial charge in [-0.15, -0.1) is 0 Å². The number of nitrogens with one attached hydrogen (secondary N) is 2. The zero-order valence-corrected chi connectivity index (χ0v) is 22.0. The Labute approximate surface area is 218 Å². The number of primary amides is 1. The fraction of sp³-hybridized carbons (Fsp3) is 0.556. The number of amides is 4. The maximum absolute atomic E-state index is 13.7. The Kier molecular flexibility index (Phi) is 10.4. The molecule has 0 aliphatic heterocycles. The zero-order chi connectivity index (χ0) is 27.8. The topological polar surface area (TPSA) is 151 Å². The van der Waals surface area contributed by atoms with Gasteiger partial charge in [-0.25, -0.2) is 4.79 Å². The third-order valence-electron chi connectivity index (χ3n) is 6.04. The fourth-order valence-corrected chi connectivity index (χ4v) is 4.22. The Morgan fingerprint density at radius 1 is 1.22 bits per heavy atom. The summed E-state index contributed by atoms with van der Waals surface area (Å²) in [4.78, 5) is 52.1. The molecule has 1 aromatic rings. The minimum absolute atomic E-state index is 0.0275. The number of carbonyl (C=O) groups is 4. The summed E-state index contributed by atoms with van der Waals surface area (Å²) >= 11 is 0. The average molecular weight is 515 g/mol. The summed E-state index contributed by atoms with van der Waals surface area (Å²) in [6, 6.07) is 4.25. The minimum Gasteiger partial charge on any atom is -0.508 e. The average Bonchev–Trinajstić information content (AvgIpc) is 2.81. The van der Waals surface area contributed by atoms with E-state index in [2.05, 4.69) is 16.7 Å². The molecule has 0 heterocycles. The number of rotatable bonds is 9. The number of benzene rings is 1. The SMILES string of the molecule is C#CN(C(=O)C(CCC(N)=O)NC(=O)OC(C)(C)C)C(C(=O)NC1CCCCC1)c1ccc(O)c(C)c1. The van der Waals surface area contributed by atoms with E-state index in [0.29, 0.717) is 11.1 Å². The predicted molar refractivity (Wildman–Crippen MR) is 138 cm³/mol. The lowest BCUT2D eigenvalue weighted by molar-refractivity contribution is -0.139. The molecule has 5 N–H and O–H groups in total. The van der Waals surface area contributed by atoms with E-state index in [-0.39, 0.29) is 24.6 Å². The van der Waals surface area contributed by atoms with Gasteiger partial charge in [-0.2, -0.15) is 0 Å². The molecule has 1 saturated carbocycles. The zero-order valence-electron chi connectivity index (χ0n) is 22.0. The Hall–Kier alpha value is -3.74. The second-order valence-corrected chi connectivity index (χ2v) is 10.3. The summed E-state index contributed by atoms with van der Waals surface area (Å²) in [5.74, 6) is -1.89. The first-order chi connectivity index (χ1) is 17.3. The molecule has 0 radical (unpaired) electrons. The number of carbonyl (C=O) groups excluding carboxylic acids is 4. The van der Waals surface area contributed by atoms with Crippen LogP contribution in [0.4, 0.5) is 4.79 Å². The Bertz CT molecular complexity index is 1040. The van der Waals surface area contributed by atoms with Gasteiger partial charge in [0.25, 0.3) is 5.91 Å². The number of alkyl carbamates (subject to hydrolysis) is 1. The molecule has 202 valence electrons. The molecule has 0 saturated heterocycles. The molecule has 2 rings (SSSR count). The van der Waals surface area contributed by atoms with Gasteiger partial charge in [0.05, 0.1) is 0 Å². The molecule has 0 bridgehead atoms. The van der Waals surface area contributed by atoms with E-state index in [4.69, 9.17) is 16.9 Å². The fourth-order valence-electron chi connectivity index (χ4n) is 4.22. The minimum atomic E-state index is -1.28. The second-order valence-electron chi connectivity index (χ2n) is 10.3. The first-order valence-corrected chi connectivity index (χ1v) is 12.5. The van der Waals surface area contributed by atoms with E-state index in [1.54, 1.807) is 33.8 Å². The molecule has 0 aromatic heterocycles. The van der Waals surface area contributed by atoms with Gasteiger partial charge in [-0.3, -0.25) is 19.3 Å². The molecule has 1 fully saturated rings. The summed E-state index contributed by atoms with van der Waals surface area (Å²) in [6.07, 6.45) is 9.25. The molecule has 37 heavy (non-hydrogen) atoms. The number of hydrogen-bond acceptors (Lipinski definition) is 6. The summed E-state index contributed by atoms with van der Waals surface area (Å²) in [5, 5.41) is 15.5. The molecule has 2 unspecified atom stereocenters. The van der Waals surface area contributed by atoms with Gasteiger partial charge < -0.3 is 26.2 Å². The number of aromatic hydroxyl groups is 1. The van der Waals surface area contributed by atoms with Crippen molar-refractivity contribution in [3.05, 3.63) is 29.3 Å². The number of ether oxygens (including phenoxy) is 1. The lowest BCUT2D eigenvalue weighted by Gasteiger charge is -2.32. The molecule has 1 aliphatic rings. The molecule has 1 aromatic carbocycles. The van der Waals surface area contributed by atoms with Crippen molar-refractivity contribution in [1.82, 2.24) is 15.5 Å². The Morgan fingerprint density at radius 2 is 1.86 bits per heavy atom. The summed E-state index contributed by atoms with van der Waals surface area (Å²) in [5.41, 5.74) is 5.33. The van der Waals surface area contributed by atoms with E-state index < -0.39 is 41.5 Å². The number of terminal acetylenes is 1. The van der Waals surface area contributed by atoms with Crippen molar-refractivity contribution < 1.29 is 29.0 Å². The number of hydrogen-bond donors (Lipinski definition) is 4. The highest BCUT2D eigenvalue weighted by Crippen LogP contribution is 2.28. The van der Waals surface area contributed by atoms with Crippen molar-refractivity contribution in [2.75, 3.05) is 0 Å². The van der Waals surface area contributed by atoms with E-state index in [0.717, 1.165) is 37.0 Å². The van der Waals surface area contributed by atoms with Gasteiger partial charge >= 0.3 is 6.09 Å².